The lowest BCUT2D eigenvalue weighted by molar-refractivity contribution is 0.0707. The molecular weight excluding hydrogens is 314 g/mol. The first-order chi connectivity index (χ1) is 11.0. The van der Waals surface area contributed by atoms with Gasteiger partial charge in [-0.3, -0.25) is 4.79 Å². The molecule has 1 heterocycles. The highest BCUT2D eigenvalue weighted by Crippen LogP contribution is 2.17. The molecule has 0 saturated carbocycles. The minimum atomic E-state index is -3.62. The van der Waals surface area contributed by atoms with Crippen LogP contribution < -0.4 is 10.0 Å². The summed E-state index contributed by atoms with van der Waals surface area (Å²) in [4.78, 5) is 14.4. The predicted molar refractivity (Wildman–Crippen MR) is 89.8 cm³/mol. The van der Waals surface area contributed by atoms with E-state index in [0.29, 0.717) is 24.7 Å². The van der Waals surface area contributed by atoms with Crippen LogP contribution >= 0.6 is 0 Å². The largest absolute Gasteiger partial charge is 0.339 e. The Labute approximate surface area is 137 Å². The van der Waals surface area contributed by atoms with Gasteiger partial charge in [-0.05, 0) is 38.1 Å². The van der Waals surface area contributed by atoms with Crippen molar-refractivity contribution in [3.05, 3.63) is 42.5 Å². The predicted octanol–water partition coefficient (Wildman–Crippen LogP) is 0.975. The molecule has 1 aliphatic heterocycles. The molecule has 23 heavy (non-hydrogen) atoms. The van der Waals surface area contributed by atoms with E-state index in [1.807, 2.05) is 7.05 Å². The first-order valence-corrected chi connectivity index (χ1v) is 9.13. The summed E-state index contributed by atoms with van der Waals surface area (Å²) in [7, 11) is -1.70. The van der Waals surface area contributed by atoms with Gasteiger partial charge in [-0.1, -0.05) is 12.1 Å². The third-order valence-corrected chi connectivity index (χ3v) is 5.42. The molecule has 0 bridgehead atoms. The van der Waals surface area contributed by atoms with E-state index in [4.69, 9.17) is 0 Å². The average molecular weight is 337 g/mol. The Hall–Kier alpha value is -1.70. The molecule has 1 amide bonds. The summed E-state index contributed by atoms with van der Waals surface area (Å²) in [5.41, 5.74) is 0.398. The number of amides is 1. The second-order valence-electron chi connectivity index (χ2n) is 5.52. The molecule has 1 aromatic carbocycles. The average Bonchev–Trinajstić information content (AvgIpc) is 2.59. The van der Waals surface area contributed by atoms with Gasteiger partial charge in [0.25, 0.3) is 5.91 Å². The van der Waals surface area contributed by atoms with Crippen molar-refractivity contribution in [2.75, 3.05) is 26.7 Å². The third kappa shape index (κ3) is 4.40. The van der Waals surface area contributed by atoms with Crippen molar-refractivity contribution < 1.29 is 13.2 Å². The lowest BCUT2D eigenvalue weighted by Crippen LogP contribution is -2.44. The number of nitrogens with one attached hydrogen (secondary N) is 2. The zero-order valence-corrected chi connectivity index (χ0v) is 14.1. The maximum Gasteiger partial charge on any atom is 0.253 e. The molecule has 0 unspecified atom stereocenters. The molecule has 6 nitrogen and oxygen atoms in total. The highest BCUT2D eigenvalue weighted by atomic mass is 32.2. The molecule has 1 fully saturated rings. The Morgan fingerprint density at radius 1 is 1.39 bits per heavy atom. The molecule has 126 valence electrons. The van der Waals surface area contributed by atoms with Gasteiger partial charge in [-0.15, -0.1) is 6.58 Å². The van der Waals surface area contributed by atoms with Crippen molar-refractivity contribution in [3.63, 3.8) is 0 Å². The van der Waals surface area contributed by atoms with E-state index in [-0.39, 0.29) is 17.3 Å². The summed E-state index contributed by atoms with van der Waals surface area (Å²) in [6.07, 6.45) is 3.28. The molecule has 0 aliphatic carbocycles. The highest BCUT2D eigenvalue weighted by molar-refractivity contribution is 7.89. The van der Waals surface area contributed by atoms with Crippen molar-refractivity contribution in [1.82, 2.24) is 14.9 Å². The van der Waals surface area contributed by atoms with Crippen molar-refractivity contribution in [2.45, 2.75) is 23.8 Å². The van der Waals surface area contributed by atoms with E-state index < -0.39 is 10.0 Å². The van der Waals surface area contributed by atoms with E-state index >= 15 is 0 Å². The fourth-order valence-corrected chi connectivity index (χ4v) is 3.65. The molecule has 7 heteroatoms. The minimum Gasteiger partial charge on any atom is -0.339 e. The van der Waals surface area contributed by atoms with Crippen LogP contribution in [0.1, 0.15) is 23.2 Å². The molecule has 1 aliphatic rings. The molecule has 2 rings (SSSR count). The standard InChI is InChI=1S/C16H23N3O3S/c1-3-9-18-23(21,22)15-6-4-5-13(12-15)16(20)19-10-7-14(17-2)8-11-19/h3-6,12,14,17-18H,1,7-11H2,2H3. The summed E-state index contributed by atoms with van der Waals surface area (Å²) >= 11 is 0. The van der Waals surface area contributed by atoms with Crippen molar-refractivity contribution in [2.24, 2.45) is 0 Å². The summed E-state index contributed by atoms with van der Waals surface area (Å²) in [5, 5.41) is 3.22. The number of sulfonamides is 1. The molecule has 2 N–H and O–H groups in total. The van der Waals surface area contributed by atoms with Gasteiger partial charge in [0.2, 0.25) is 10.0 Å². The quantitative estimate of drug-likeness (QED) is 0.759. The van der Waals surface area contributed by atoms with Crippen molar-refractivity contribution in [1.29, 1.82) is 0 Å². The van der Waals surface area contributed by atoms with Crippen molar-refractivity contribution in [3.8, 4) is 0 Å². The monoisotopic (exact) mass is 337 g/mol. The maximum absolute atomic E-state index is 12.6. The van der Waals surface area contributed by atoms with Crippen LogP contribution in [0.3, 0.4) is 0 Å². The van der Waals surface area contributed by atoms with Crippen LogP contribution in [-0.2, 0) is 10.0 Å². The van der Waals surface area contributed by atoms with Crippen LogP contribution in [0.25, 0.3) is 0 Å². The fourth-order valence-electron chi connectivity index (χ4n) is 2.60. The van der Waals surface area contributed by atoms with Gasteiger partial charge >= 0.3 is 0 Å². The van der Waals surface area contributed by atoms with E-state index in [2.05, 4.69) is 16.6 Å². The molecule has 0 aromatic heterocycles. The Balaban J connectivity index is 2.13. The van der Waals surface area contributed by atoms with Gasteiger partial charge in [0.05, 0.1) is 4.90 Å². The van der Waals surface area contributed by atoms with E-state index in [1.165, 1.54) is 18.2 Å². The molecular formula is C16H23N3O3S. The SMILES string of the molecule is C=CCNS(=O)(=O)c1cccc(C(=O)N2CCC(NC)CC2)c1. The summed E-state index contributed by atoms with van der Waals surface area (Å²) < 4.78 is 26.7. The summed E-state index contributed by atoms with van der Waals surface area (Å²) in [5.74, 6) is -0.125. The second-order valence-corrected chi connectivity index (χ2v) is 7.29. The second kappa shape index (κ2) is 7.72. The van der Waals surface area contributed by atoms with E-state index in [9.17, 15) is 13.2 Å². The minimum absolute atomic E-state index is 0.0929. The van der Waals surface area contributed by atoms with Gasteiger partial charge in [0, 0.05) is 31.2 Å². The Morgan fingerprint density at radius 2 is 2.09 bits per heavy atom. The number of piperidine rings is 1. The topological polar surface area (TPSA) is 78.5 Å². The number of nitrogens with zero attached hydrogens (tertiary/aromatic N) is 1. The normalized spacial score (nSPS) is 16.3. The first kappa shape index (κ1) is 17.7. The summed E-state index contributed by atoms with van der Waals surface area (Å²) in [6, 6.07) is 6.59. The fraction of sp³-hybridized carbons (Fsp3) is 0.438. The number of hydrogen-bond acceptors (Lipinski definition) is 4. The number of likely N-dealkylation sites (tertiary alicyclic amines) is 1. The lowest BCUT2D eigenvalue weighted by Gasteiger charge is -2.31. The van der Waals surface area contributed by atoms with Crippen LogP contribution in [0.4, 0.5) is 0 Å². The Morgan fingerprint density at radius 3 is 2.70 bits per heavy atom. The van der Waals surface area contributed by atoms with Crippen LogP contribution in [0, 0.1) is 0 Å². The van der Waals surface area contributed by atoms with Gasteiger partial charge in [-0.2, -0.15) is 0 Å². The highest BCUT2D eigenvalue weighted by Gasteiger charge is 2.23. The molecule has 0 spiro atoms. The zero-order chi connectivity index (χ0) is 16.9. The van der Waals surface area contributed by atoms with Crippen LogP contribution in [-0.4, -0.2) is 51.9 Å². The van der Waals surface area contributed by atoms with E-state index in [0.717, 1.165) is 12.8 Å². The zero-order valence-electron chi connectivity index (χ0n) is 13.3. The number of carbonyl (C=O) groups is 1. The van der Waals surface area contributed by atoms with Gasteiger partial charge in [0.1, 0.15) is 0 Å². The van der Waals surface area contributed by atoms with Gasteiger partial charge in [-0.25, -0.2) is 13.1 Å². The van der Waals surface area contributed by atoms with Gasteiger partial charge in [0.15, 0.2) is 0 Å². The first-order valence-electron chi connectivity index (χ1n) is 7.65. The molecule has 1 aromatic rings. The number of carbonyl (C=O) groups excluding carboxylic acids is 1. The lowest BCUT2D eigenvalue weighted by atomic mass is 10.0. The number of hydrogen-bond donors (Lipinski definition) is 2. The van der Waals surface area contributed by atoms with Gasteiger partial charge < -0.3 is 10.2 Å². The molecule has 0 radical (unpaired) electrons. The smallest absolute Gasteiger partial charge is 0.253 e. The van der Waals surface area contributed by atoms with Crippen LogP contribution in [0.2, 0.25) is 0 Å². The number of rotatable bonds is 6. The Kier molecular flexibility index (Phi) is 5.92. The molecule has 0 atom stereocenters. The van der Waals surface area contributed by atoms with Crippen molar-refractivity contribution >= 4 is 15.9 Å². The molecule has 1 saturated heterocycles. The third-order valence-electron chi connectivity index (χ3n) is 4.00. The van der Waals surface area contributed by atoms with E-state index in [1.54, 1.807) is 17.0 Å². The Bertz CT molecular complexity index is 665. The van der Waals surface area contributed by atoms with Crippen LogP contribution in [0.15, 0.2) is 41.8 Å². The van der Waals surface area contributed by atoms with Crippen LogP contribution in [0.5, 0.6) is 0 Å². The maximum atomic E-state index is 12.6. The summed E-state index contributed by atoms with van der Waals surface area (Å²) in [6.45, 7) is 4.99. The number of benzene rings is 1.